The van der Waals surface area contributed by atoms with Crippen LogP contribution in [-0.4, -0.2) is 12.4 Å². The highest BCUT2D eigenvalue weighted by Crippen LogP contribution is 1.45. The second-order valence-corrected chi connectivity index (χ2v) is 0.860. The summed E-state index contributed by atoms with van der Waals surface area (Å²) in [7, 11) is 0. The normalized spacial score (nSPS) is 8.17. The van der Waals surface area contributed by atoms with Crippen molar-refractivity contribution in [3.05, 3.63) is 0 Å². The second kappa shape index (κ2) is 2.62. The molecule has 0 aliphatic heterocycles. The number of nitrogens with one attached hydrogen (secondary N) is 2. The third-order valence-electron chi connectivity index (χ3n) is 0.270. The smallest absolute Gasteiger partial charge is 0.106 e. The zero-order chi connectivity index (χ0) is 4.99. The summed E-state index contributed by atoms with van der Waals surface area (Å²) in [5.74, 6) is 7.69. The molecule has 0 aromatic rings. The molecule has 0 aliphatic carbocycles. The van der Waals surface area contributed by atoms with Crippen LogP contribution in [0, 0.1) is 5.41 Å². The summed E-state index contributed by atoms with van der Waals surface area (Å²) in [4.78, 5) is 0. The van der Waals surface area contributed by atoms with Gasteiger partial charge in [0.25, 0.3) is 0 Å². The lowest BCUT2D eigenvalue weighted by molar-refractivity contribution is 0.804. The molecule has 0 aromatic heterocycles. The molecule has 34 valence electrons. The number of hydrogen-bond acceptors (Lipinski definition) is 2. The maximum atomic E-state index is 7.77. The predicted molar refractivity (Wildman–Crippen MR) is 22.1 cm³/mol. The molecule has 0 saturated heterocycles. The van der Waals surface area contributed by atoms with Crippen LogP contribution in [0.2, 0.25) is 0 Å². The van der Waals surface area contributed by atoms with E-state index in [1.807, 2.05) is 0 Å². The topological polar surface area (TPSA) is 84.2 Å². The van der Waals surface area contributed by atoms with Crippen molar-refractivity contribution in [3.63, 3.8) is 0 Å². The average molecular weight is 86.1 g/mol. The van der Waals surface area contributed by atoms with Crippen molar-refractivity contribution in [1.29, 1.82) is 5.41 Å². The lowest BCUT2D eigenvalue weighted by atomic mass is 10.6. The molecule has 0 bridgehead atoms. The lowest BCUT2D eigenvalue weighted by Gasteiger charge is -1.86. The Morgan fingerprint density at radius 2 is 2.50 bits per heavy atom. The minimum Gasteiger partial charge on any atom is -0.387 e. The number of amidine groups is 1. The van der Waals surface area contributed by atoms with Crippen molar-refractivity contribution in [2.24, 2.45) is 5.73 Å². The molecule has 4 nitrogen and oxygen atoms in total. The summed E-state index contributed by atoms with van der Waals surface area (Å²) in [5, 5.41) is 6.45. The van der Waals surface area contributed by atoms with Gasteiger partial charge in [0.15, 0.2) is 0 Å². The minimum atomic E-state index is -0.0718. The standard InChI is InChI=1S/C2H6N4/c3-2(4)1-6-5/h6H,1H2,(H3,3,4). The number of hydrogen-bond donors (Lipinski definition) is 3. The zero-order valence-corrected chi connectivity index (χ0v) is 3.23. The van der Waals surface area contributed by atoms with E-state index >= 15 is 0 Å². The summed E-state index contributed by atoms with van der Waals surface area (Å²) in [6.07, 6.45) is 0. The Morgan fingerprint density at radius 3 is 2.50 bits per heavy atom. The largest absolute Gasteiger partial charge is 0.387 e. The highest BCUT2D eigenvalue weighted by molar-refractivity contribution is 5.78. The van der Waals surface area contributed by atoms with E-state index in [4.69, 9.17) is 17.0 Å². The average Bonchev–Trinajstić information content (AvgIpc) is 1.35. The molecular formula is C2H6N4. The Kier molecular flexibility index (Phi) is 2.35. The highest BCUT2D eigenvalue weighted by atomic mass is 15.2. The molecule has 6 heavy (non-hydrogen) atoms. The van der Waals surface area contributed by atoms with Gasteiger partial charge in [0.1, 0.15) is 5.84 Å². The summed E-state index contributed by atoms with van der Waals surface area (Å²) < 4.78 is 0. The van der Waals surface area contributed by atoms with Crippen molar-refractivity contribution >= 4 is 5.84 Å². The fourth-order valence-electron chi connectivity index (χ4n) is 0.0852. The molecule has 0 rings (SSSR count). The van der Waals surface area contributed by atoms with E-state index in [0.29, 0.717) is 0 Å². The Balaban J connectivity index is 2.83. The molecule has 0 unspecified atom stereocenters. The van der Waals surface area contributed by atoms with Crippen molar-refractivity contribution in [3.8, 4) is 0 Å². The molecule has 4 N–H and O–H groups in total. The van der Waals surface area contributed by atoms with Crippen molar-refractivity contribution in [2.75, 3.05) is 6.54 Å². The first-order valence-electron chi connectivity index (χ1n) is 1.47. The van der Waals surface area contributed by atoms with Gasteiger partial charge in [-0.05, 0) is 5.84 Å². The van der Waals surface area contributed by atoms with Gasteiger partial charge in [-0.2, -0.15) is 0 Å². The summed E-state index contributed by atoms with van der Waals surface area (Å²) in [6, 6.07) is 0. The Labute approximate surface area is 36.0 Å². The first-order valence-corrected chi connectivity index (χ1v) is 1.47. The van der Waals surface area contributed by atoms with Crippen LogP contribution < -0.4 is 17.0 Å². The zero-order valence-electron chi connectivity index (χ0n) is 3.23. The van der Waals surface area contributed by atoms with E-state index in [1.165, 1.54) is 0 Å². The lowest BCUT2D eigenvalue weighted by Crippen LogP contribution is -2.26. The molecule has 0 aliphatic rings. The van der Waals surface area contributed by atoms with E-state index in [9.17, 15) is 0 Å². The van der Waals surface area contributed by atoms with E-state index in [2.05, 4.69) is 0 Å². The third kappa shape index (κ3) is 3.39. The van der Waals surface area contributed by atoms with Gasteiger partial charge in [0.2, 0.25) is 0 Å². The molecule has 4 heteroatoms. The summed E-state index contributed by atoms with van der Waals surface area (Å²) in [5.41, 5.74) is 6.48. The minimum absolute atomic E-state index is 0.0417. The van der Waals surface area contributed by atoms with Crippen LogP contribution in [0.15, 0.2) is 0 Å². The molecule has 0 atom stereocenters. The van der Waals surface area contributed by atoms with E-state index in [1.54, 1.807) is 5.43 Å². The first-order chi connectivity index (χ1) is 2.77. The van der Waals surface area contributed by atoms with Gasteiger partial charge < -0.3 is 5.73 Å². The Hall–Kier alpha value is -0.610. The van der Waals surface area contributed by atoms with Gasteiger partial charge >= 0.3 is 0 Å². The van der Waals surface area contributed by atoms with Crippen LogP contribution in [0.3, 0.4) is 0 Å². The van der Waals surface area contributed by atoms with Gasteiger partial charge in [-0.3, -0.25) is 5.41 Å². The number of nitrogens with zero attached hydrogens (tertiary/aromatic N) is 1. The van der Waals surface area contributed by atoms with Gasteiger partial charge in [0, 0.05) is 0 Å². The maximum absolute atomic E-state index is 7.77. The molecule has 0 heterocycles. The SMILES string of the molecule is [N]NCC(=N)N. The molecular weight excluding hydrogens is 80.1 g/mol. The van der Waals surface area contributed by atoms with Crippen LogP contribution in [0.5, 0.6) is 0 Å². The molecule has 0 fully saturated rings. The summed E-state index contributed by atoms with van der Waals surface area (Å²) in [6.45, 7) is 0.0417. The van der Waals surface area contributed by atoms with Gasteiger partial charge in [-0.25, -0.2) is 5.43 Å². The van der Waals surface area contributed by atoms with Crippen LogP contribution in [0.4, 0.5) is 0 Å². The highest BCUT2D eigenvalue weighted by Gasteiger charge is 1.79. The van der Waals surface area contributed by atoms with E-state index in [-0.39, 0.29) is 12.4 Å². The fourth-order valence-corrected chi connectivity index (χ4v) is 0.0852. The van der Waals surface area contributed by atoms with Crippen LogP contribution in [-0.2, 0) is 0 Å². The predicted octanol–water partition coefficient (Wildman–Crippen LogP) is -1.50. The summed E-state index contributed by atoms with van der Waals surface area (Å²) >= 11 is 0. The van der Waals surface area contributed by atoms with Crippen molar-refractivity contribution in [2.45, 2.75) is 0 Å². The van der Waals surface area contributed by atoms with Gasteiger partial charge in [-0.15, -0.1) is 0 Å². The number of rotatable bonds is 2. The molecule has 0 aromatic carbocycles. The van der Waals surface area contributed by atoms with Crippen LogP contribution in [0.25, 0.3) is 0 Å². The first kappa shape index (κ1) is 5.39. The second-order valence-electron chi connectivity index (χ2n) is 0.860. The van der Waals surface area contributed by atoms with Crippen LogP contribution in [0.1, 0.15) is 0 Å². The third-order valence-corrected chi connectivity index (χ3v) is 0.270. The Morgan fingerprint density at radius 1 is 2.00 bits per heavy atom. The number of nitrogens with two attached hydrogens (primary N) is 1. The fraction of sp³-hybridized carbons (Fsp3) is 0.500. The van der Waals surface area contributed by atoms with Gasteiger partial charge in [-0.1, -0.05) is 0 Å². The maximum Gasteiger partial charge on any atom is 0.106 e. The van der Waals surface area contributed by atoms with Crippen molar-refractivity contribution in [1.82, 2.24) is 11.3 Å². The Bertz CT molecular complexity index is 49.5. The molecule has 2 radical (unpaired) electrons. The molecule has 0 amide bonds. The van der Waals surface area contributed by atoms with E-state index in [0.717, 1.165) is 0 Å². The quantitative estimate of drug-likeness (QED) is 0.217. The van der Waals surface area contributed by atoms with E-state index < -0.39 is 0 Å². The molecule has 0 saturated carbocycles. The molecule has 0 spiro atoms. The van der Waals surface area contributed by atoms with Crippen LogP contribution >= 0.6 is 0 Å². The van der Waals surface area contributed by atoms with Gasteiger partial charge in [0.05, 0.1) is 6.54 Å². The van der Waals surface area contributed by atoms with Crippen molar-refractivity contribution < 1.29 is 0 Å². The monoisotopic (exact) mass is 86.1 g/mol.